The van der Waals surface area contributed by atoms with E-state index in [2.05, 4.69) is 10.5 Å². The van der Waals surface area contributed by atoms with Crippen molar-refractivity contribution in [2.75, 3.05) is 6.54 Å². The Morgan fingerprint density at radius 3 is 3.11 bits per heavy atom. The first kappa shape index (κ1) is 12.2. The van der Waals surface area contributed by atoms with Crippen molar-refractivity contribution in [1.82, 2.24) is 10.5 Å². The normalized spacial score (nSPS) is 19.5. The lowest BCUT2D eigenvalue weighted by Crippen LogP contribution is -2.35. The number of nitrogens with one attached hydrogen (secondary N) is 1. The SMILES string of the molecule is Oc1cccc(-c2cnoc2CC2CCCCN2)c1. The maximum absolute atomic E-state index is 9.56. The van der Waals surface area contributed by atoms with Crippen LogP contribution in [0.5, 0.6) is 5.75 Å². The Kier molecular flexibility index (Phi) is 3.51. The van der Waals surface area contributed by atoms with Crippen LogP contribution < -0.4 is 5.32 Å². The first-order chi connectivity index (χ1) is 9.33. The molecule has 2 aromatic rings. The molecule has 2 heterocycles. The van der Waals surface area contributed by atoms with Crippen LogP contribution in [0.3, 0.4) is 0 Å². The van der Waals surface area contributed by atoms with E-state index >= 15 is 0 Å². The summed E-state index contributed by atoms with van der Waals surface area (Å²) in [5.74, 6) is 1.16. The minimum atomic E-state index is 0.264. The van der Waals surface area contributed by atoms with Gasteiger partial charge in [-0.25, -0.2) is 0 Å². The number of aromatic nitrogens is 1. The lowest BCUT2D eigenvalue weighted by Gasteiger charge is -2.22. The molecule has 1 unspecified atom stereocenters. The number of nitrogens with zero attached hydrogens (tertiary/aromatic N) is 1. The number of phenolic OH excluding ortho intramolecular Hbond substituents is 1. The Morgan fingerprint density at radius 2 is 2.32 bits per heavy atom. The molecule has 0 bridgehead atoms. The Morgan fingerprint density at radius 1 is 1.37 bits per heavy atom. The van der Waals surface area contributed by atoms with Crippen molar-refractivity contribution in [2.45, 2.75) is 31.7 Å². The molecule has 4 heteroatoms. The predicted octanol–water partition coefficient (Wildman–Crippen LogP) is 2.73. The first-order valence-electron chi connectivity index (χ1n) is 6.79. The number of piperidine rings is 1. The van der Waals surface area contributed by atoms with Crippen molar-refractivity contribution in [3.63, 3.8) is 0 Å². The molecule has 0 saturated carbocycles. The van der Waals surface area contributed by atoms with E-state index in [1.807, 2.05) is 12.1 Å². The molecular weight excluding hydrogens is 240 g/mol. The van der Waals surface area contributed by atoms with E-state index < -0.39 is 0 Å². The molecule has 4 nitrogen and oxygen atoms in total. The van der Waals surface area contributed by atoms with Crippen LogP contribution in [0, 0.1) is 0 Å². The molecule has 1 atom stereocenters. The van der Waals surface area contributed by atoms with E-state index in [9.17, 15) is 5.11 Å². The third-order valence-corrected chi connectivity index (χ3v) is 3.65. The molecule has 0 spiro atoms. The van der Waals surface area contributed by atoms with Crippen LogP contribution in [0.1, 0.15) is 25.0 Å². The zero-order chi connectivity index (χ0) is 13.1. The van der Waals surface area contributed by atoms with Crippen LogP contribution in [-0.4, -0.2) is 22.8 Å². The van der Waals surface area contributed by atoms with E-state index in [0.29, 0.717) is 6.04 Å². The lowest BCUT2D eigenvalue weighted by atomic mass is 9.97. The number of hydrogen-bond acceptors (Lipinski definition) is 4. The second kappa shape index (κ2) is 5.45. The van der Waals surface area contributed by atoms with Crippen molar-refractivity contribution in [3.05, 3.63) is 36.2 Å². The van der Waals surface area contributed by atoms with Gasteiger partial charge in [-0.3, -0.25) is 0 Å². The van der Waals surface area contributed by atoms with Crippen LogP contribution in [0.2, 0.25) is 0 Å². The summed E-state index contributed by atoms with van der Waals surface area (Å²) >= 11 is 0. The van der Waals surface area contributed by atoms with E-state index in [4.69, 9.17) is 4.52 Å². The van der Waals surface area contributed by atoms with Gasteiger partial charge in [-0.05, 0) is 37.1 Å². The van der Waals surface area contributed by atoms with Crippen molar-refractivity contribution in [1.29, 1.82) is 0 Å². The molecule has 3 rings (SSSR count). The van der Waals surface area contributed by atoms with Gasteiger partial charge in [0.15, 0.2) is 0 Å². The Balaban J connectivity index is 1.81. The summed E-state index contributed by atoms with van der Waals surface area (Å²) in [7, 11) is 0. The fourth-order valence-electron chi connectivity index (χ4n) is 2.64. The fourth-order valence-corrected chi connectivity index (χ4v) is 2.64. The molecule has 1 saturated heterocycles. The lowest BCUT2D eigenvalue weighted by molar-refractivity contribution is 0.337. The van der Waals surface area contributed by atoms with Gasteiger partial charge in [0.05, 0.1) is 6.20 Å². The monoisotopic (exact) mass is 258 g/mol. The number of rotatable bonds is 3. The zero-order valence-corrected chi connectivity index (χ0v) is 10.8. The highest BCUT2D eigenvalue weighted by atomic mass is 16.5. The Hall–Kier alpha value is -1.81. The Bertz CT molecular complexity index is 545. The summed E-state index contributed by atoms with van der Waals surface area (Å²) in [6, 6.07) is 7.67. The summed E-state index contributed by atoms with van der Waals surface area (Å²) in [5.41, 5.74) is 1.93. The molecule has 1 fully saturated rings. The van der Waals surface area contributed by atoms with Crippen LogP contribution in [0.15, 0.2) is 35.0 Å². The number of aromatic hydroxyl groups is 1. The molecule has 1 aliphatic rings. The van der Waals surface area contributed by atoms with Gasteiger partial charge >= 0.3 is 0 Å². The fraction of sp³-hybridized carbons (Fsp3) is 0.400. The largest absolute Gasteiger partial charge is 0.508 e. The van der Waals surface area contributed by atoms with Crippen LogP contribution >= 0.6 is 0 Å². The van der Waals surface area contributed by atoms with Crippen molar-refractivity contribution < 1.29 is 9.63 Å². The summed E-state index contributed by atoms with van der Waals surface area (Å²) in [5, 5.41) is 17.0. The maximum atomic E-state index is 9.56. The minimum absolute atomic E-state index is 0.264. The molecule has 1 aromatic carbocycles. The third kappa shape index (κ3) is 2.79. The zero-order valence-electron chi connectivity index (χ0n) is 10.8. The average Bonchev–Trinajstić information content (AvgIpc) is 2.88. The van der Waals surface area contributed by atoms with E-state index in [1.165, 1.54) is 19.3 Å². The van der Waals surface area contributed by atoms with Gasteiger partial charge in [0.25, 0.3) is 0 Å². The van der Waals surface area contributed by atoms with Gasteiger partial charge in [-0.15, -0.1) is 0 Å². The topological polar surface area (TPSA) is 58.3 Å². The van der Waals surface area contributed by atoms with Gasteiger partial charge < -0.3 is 14.9 Å². The van der Waals surface area contributed by atoms with Gasteiger partial charge in [0.2, 0.25) is 0 Å². The summed E-state index contributed by atoms with van der Waals surface area (Å²) in [4.78, 5) is 0. The highest BCUT2D eigenvalue weighted by Gasteiger charge is 2.18. The molecular formula is C15H18N2O2. The Labute approximate surface area is 112 Å². The van der Waals surface area contributed by atoms with Crippen LogP contribution in [0.25, 0.3) is 11.1 Å². The number of benzene rings is 1. The minimum Gasteiger partial charge on any atom is -0.508 e. The van der Waals surface area contributed by atoms with Crippen molar-refractivity contribution in [3.8, 4) is 16.9 Å². The van der Waals surface area contributed by atoms with E-state index in [1.54, 1.807) is 18.3 Å². The van der Waals surface area contributed by atoms with Gasteiger partial charge in [-0.2, -0.15) is 0 Å². The molecule has 0 aliphatic carbocycles. The molecule has 1 aromatic heterocycles. The summed E-state index contributed by atoms with van der Waals surface area (Å²) in [6.07, 6.45) is 6.29. The highest BCUT2D eigenvalue weighted by molar-refractivity contribution is 5.66. The smallest absolute Gasteiger partial charge is 0.146 e. The average molecular weight is 258 g/mol. The summed E-state index contributed by atoms with van der Waals surface area (Å²) < 4.78 is 5.39. The van der Waals surface area contributed by atoms with E-state index in [-0.39, 0.29) is 5.75 Å². The molecule has 100 valence electrons. The molecule has 19 heavy (non-hydrogen) atoms. The van der Waals surface area contributed by atoms with Crippen LogP contribution in [0.4, 0.5) is 0 Å². The van der Waals surface area contributed by atoms with Gasteiger partial charge in [-0.1, -0.05) is 23.7 Å². The number of hydrogen-bond donors (Lipinski definition) is 2. The van der Waals surface area contributed by atoms with Crippen molar-refractivity contribution >= 4 is 0 Å². The number of phenols is 1. The second-order valence-corrected chi connectivity index (χ2v) is 5.06. The quantitative estimate of drug-likeness (QED) is 0.888. The first-order valence-corrected chi connectivity index (χ1v) is 6.79. The maximum Gasteiger partial charge on any atom is 0.146 e. The highest BCUT2D eigenvalue weighted by Crippen LogP contribution is 2.28. The van der Waals surface area contributed by atoms with Crippen LogP contribution in [-0.2, 0) is 6.42 Å². The second-order valence-electron chi connectivity index (χ2n) is 5.06. The van der Waals surface area contributed by atoms with Gasteiger partial charge in [0.1, 0.15) is 11.5 Å². The van der Waals surface area contributed by atoms with Crippen molar-refractivity contribution in [2.24, 2.45) is 0 Å². The van der Waals surface area contributed by atoms with E-state index in [0.717, 1.165) is 29.9 Å². The van der Waals surface area contributed by atoms with Gasteiger partial charge in [0, 0.05) is 18.0 Å². The standard InChI is InChI=1S/C15H18N2O2/c18-13-6-3-4-11(8-13)14-10-17-19-15(14)9-12-5-1-2-7-16-12/h3-4,6,8,10,12,16,18H,1-2,5,7,9H2. The molecule has 0 radical (unpaired) electrons. The molecule has 1 aliphatic heterocycles. The molecule has 2 N–H and O–H groups in total. The predicted molar refractivity (Wildman–Crippen MR) is 72.9 cm³/mol. The third-order valence-electron chi connectivity index (χ3n) is 3.65. The summed E-state index contributed by atoms with van der Waals surface area (Å²) in [6.45, 7) is 1.08. The molecule has 0 amide bonds.